The molecule has 2 unspecified atom stereocenters. The Morgan fingerprint density at radius 3 is 2.90 bits per heavy atom. The maximum Gasteiger partial charge on any atom is 0.0705 e. The molecule has 21 heavy (non-hydrogen) atoms. The van der Waals surface area contributed by atoms with Crippen molar-refractivity contribution in [2.45, 2.75) is 45.2 Å². The third-order valence-electron chi connectivity index (χ3n) is 4.60. The number of aryl methyl sites for hydroxylation is 1. The molecule has 3 rings (SSSR count). The van der Waals surface area contributed by atoms with Gasteiger partial charge in [0.25, 0.3) is 0 Å². The number of rotatable bonds is 4. The lowest BCUT2D eigenvalue weighted by Gasteiger charge is -2.31. The van der Waals surface area contributed by atoms with Crippen LogP contribution >= 0.6 is 0 Å². The summed E-state index contributed by atoms with van der Waals surface area (Å²) in [6.07, 6.45) is 4.86. The second-order valence-corrected chi connectivity index (χ2v) is 6.19. The average molecular weight is 284 g/mol. The first-order valence-electron chi connectivity index (χ1n) is 7.97. The van der Waals surface area contributed by atoms with Gasteiger partial charge in [0.2, 0.25) is 0 Å². The molecule has 2 N–H and O–H groups in total. The van der Waals surface area contributed by atoms with E-state index < -0.39 is 0 Å². The van der Waals surface area contributed by atoms with Crippen LogP contribution < -0.4 is 5.32 Å². The fraction of sp³-hybridized carbons (Fsp3) is 0.500. The fourth-order valence-corrected chi connectivity index (χ4v) is 3.33. The molecule has 1 aliphatic rings. The molecule has 1 aromatic carbocycles. The Kier molecular flexibility index (Phi) is 4.51. The molecular formula is C18H24N2O. The maximum absolute atomic E-state index is 9.48. The number of nitrogens with one attached hydrogen (secondary N) is 1. The molecule has 0 amide bonds. The summed E-state index contributed by atoms with van der Waals surface area (Å²) in [7, 11) is 0. The molecule has 2 aromatic rings. The molecule has 3 heteroatoms. The van der Waals surface area contributed by atoms with Gasteiger partial charge in [-0.3, -0.25) is 4.98 Å². The van der Waals surface area contributed by atoms with Gasteiger partial charge < -0.3 is 10.4 Å². The molecule has 0 aliphatic heterocycles. The molecule has 3 nitrogen and oxygen atoms in total. The quantitative estimate of drug-likeness (QED) is 0.906. The summed E-state index contributed by atoms with van der Waals surface area (Å²) in [6, 6.07) is 11.1. The van der Waals surface area contributed by atoms with Gasteiger partial charge >= 0.3 is 0 Å². The molecule has 1 fully saturated rings. The van der Waals surface area contributed by atoms with Crippen molar-refractivity contribution in [2.75, 3.05) is 6.61 Å². The number of pyridine rings is 1. The van der Waals surface area contributed by atoms with Crippen molar-refractivity contribution in [3.8, 4) is 0 Å². The first kappa shape index (κ1) is 14.5. The van der Waals surface area contributed by atoms with Crippen LogP contribution in [0.4, 0.5) is 0 Å². The number of aliphatic hydroxyl groups excluding tert-OH is 1. The van der Waals surface area contributed by atoms with Gasteiger partial charge in [0.1, 0.15) is 0 Å². The van der Waals surface area contributed by atoms with Gasteiger partial charge in [0.15, 0.2) is 0 Å². The van der Waals surface area contributed by atoms with E-state index in [9.17, 15) is 5.11 Å². The molecule has 1 heterocycles. The van der Waals surface area contributed by atoms with Crippen LogP contribution in [0.2, 0.25) is 0 Å². The second kappa shape index (κ2) is 6.54. The predicted molar refractivity (Wildman–Crippen MR) is 86.2 cm³/mol. The minimum Gasteiger partial charge on any atom is -0.396 e. The van der Waals surface area contributed by atoms with Gasteiger partial charge in [0.05, 0.1) is 5.52 Å². The van der Waals surface area contributed by atoms with Crippen molar-refractivity contribution in [3.63, 3.8) is 0 Å². The Morgan fingerprint density at radius 1 is 1.19 bits per heavy atom. The Hall–Kier alpha value is -1.45. The van der Waals surface area contributed by atoms with E-state index in [4.69, 9.17) is 0 Å². The summed E-state index contributed by atoms with van der Waals surface area (Å²) < 4.78 is 0. The van der Waals surface area contributed by atoms with E-state index in [1.165, 1.54) is 30.2 Å². The van der Waals surface area contributed by atoms with Crippen molar-refractivity contribution < 1.29 is 5.11 Å². The summed E-state index contributed by atoms with van der Waals surface area (Å²) in [5, 5.41) is 14.3. The Labute approximate surface area is 126 Å². The smallest absolute Gasteiger partial charge is 0.0705 e. The van der Waals surface area contributed by atoms with Crippen LogP contribution in [-0.2, 0) is 6.54 Å². The largest absolute Gasteiger partial charge is 0.396 e. The number of aromatic nitrogens is 1. The number of hydrogen-bond acceptors (Lipinski definition) is 3. The highest BCUT2D eigenvalue weighted by atomic mass is 16.3. The summed E-state index contributed by atoms with van der Waals surface area (Å²) in [6.45, 7) is 3.19. The van der Waals surface area contributed by atoms with Gasteiger partial charge in [-0.15, -0.1) is 0 Å². The lowest BCUT2D eigenvalue weighted by molar-refractivity contribution is 0.152. The van der Waals surface area contributed by atoms with Crippen molar-refractivity contribution >= 4 is 10.9 Å². The van der Waals surface area contributed by atoms with E-state index in [-0.39, 0.29) is 0 Å². The van der Waals surface area contributed by atoms with Crippen molar-refractivity contribution in [3.05, 3.63) is 41.6 Å². The van der Waals surface area contributed by atoms with Crippen LogP contribution in [-0.4, -0.2) is 22.7 Å². The van der Waals surface area contributed by atoms with Crippen LogP contribution in [0.3, 0.4) is 0 Å². The third-order valence-corrected chi connectivity index (χ3v) is 4.60. The summed E-state index contributed by atoms with van der Waals surface area (Å²) >= 11 is 0. The first-order chi connectivity index (χ1) is 10.3. The highest BCUT2D eigenvalue weighted by Crippen LogP contribution is 2.24. The summed E-state index contributed by atoms with van der Waals surface area (Å²) in [4.78, 5) is 4.54. The van der Waals surface area contributed by atoms with Gasteiger partial charge in [0, 0.05) is 30.3 Å². The van der Waals surface area contributed by atoms with Crippen molar-refractivity contribution in [2.24, 2.45) is 5.92 Å². The van der Waals surface area contributed by atoms with Crippen molar-refractivity contribution in [1.29, 1.82) is 0 Å². The van der Waals surface area contributed by atoms with Gasteiger partial charge in [-0.1, -0.05) is 25.0 Å². The SMILES string of the molecule is Cc1ccc2cc(CNC3CCCCC3CO)ccc2n1. The lowest BCUT2D eigenvalue weighted by atomic mass is 9.85. The fourth-order valence-electron chi connectivity index (χ4n) is 3.33. The Balaban J connectivity index is 1.68. The number of benzene rings is 1. The second-order valence-electron chi connectivity index (χ2n) is 6.19. The Bertz CT molecular complexity index is 611. The van der Waals surface area contributed by atoms with Crippen LogP contribution in [0, 0.1) is 12.8 Å². The van der Waals surface area contributed by atoms with E-state index in [0.717, 1.165) is 24.2 Å². The zero-order valence-electron chi connectivity index (χ0n) is 12.7. The van der Waals surface area contributed by atoms with E-state index >= 15 is 0 Å². The monoisotopic (exact) mass is 284 g/mol. The molecule has 0 saturated heterocycles. The van der Waals surface area contributed by atoms with Crippen LogP contribution in [0.25, 0.3) is 10.9 Å². The maximum atomic E-state index is 9.48. The molecule has 1 aliphatic carbocycles. The molecule has 2 atom stereocenters. The average Bonchev–Trinajstić information content (AvgIpc) is 2.53. The highest BCUT2D eigenvalue weighted by Gasteiger charge is 2.23. The van der Waals surface area contributed by atoms with Crippen LogP contribution in [0.1, 0.15) is 36.9 Å². The van der Waals surface area contributed by atoms with Gasteiger partial charge in [-0.2, -0.15) is 0 Å². The highest BCUT2D eigenvalue weighted by molar-refractivity contribution is 5.79. The number of hydrogen-bond donors (Lipinski definition) is 2. The number of fused-ring (bicyclic) bond motifs is 1. The summed E-state index contributed by atoms with van der Waals surface area (Å²) in [5.74, 6) is 0.420. The summed E-state index contributed by atoms with van der Waals surface area (Å²) in [5.41, 5.74) is 3.40. The standard InChI is InChI=1S/C18H24N2O/c1-13-6-8-15-10-14(7-9-18(15)20-13)11-19-17-5-3-2-4-16(17)12-21/h6-10,16-17,19,21H,2-5,11-12H2,1H3. The minimum atomic E-state index is 0.304. The zero-order chi connectivity index (χ0) is 14.7. The van der Waals surface area contributed by atoms with Crippen molar-refractivity contribution in [1.82, 2.24) is 10.3 Å². The molecule has 112 valence electrons. The topological polar surface area (TPSA) is 45.1 Å². The molecule has 0 radical (unpaired) electrons. The molecular weight excluding hydrogens is 260 g/mol. The lowest BCUT2D eigenvalue weighted by Crippen LogP contribution is -2.39. The molecule has 1 aromatic heterocycles. The van der Waals surface area contributed by atoms with Crippen LogP contribution in [0.5, 0.6) is 0 Å². The molecule has 1 saturated carbocycles. The number of nitrogens with zero attached hydrogens (tertiary/aromatic N) is 1. The van der Waals surface area contributed by atoms with E-state index in [1.807, 2.05) is 6.92 Å². The normalized spacial score (nSPS) is 22.6. The molecule has 0 spiro atoms. The first-order valence-corrected chi connectivity index (χ1v) is 7.97. The zero-order valence-corrected chi connectivity index (χ0v) is 12.7. The minimum absolute atomic E-state index is 0.304. The number of aliphatic hydroxyl groups is 1. The van der Waals surface area contributed by atoms with E-state index in [0.29, 0.717) is 18.6 Å². The van der Waals surface area contributed by atoms with Crippen LogP contribution in [0.15, 0.2) is 30.3 Å². The third kappa shape index (κ3) is 3.42. The van der Waals surface area contributed by atoms with Gasteiger partial charge in [-0.05, 0) is 49.4 Å². The molecule has 0 bridgehead atoms. The van der Waals surface area contributed by atoms with E-state index in [1.54, 1.807) is 0 Å². The Morgan fingerprint density at radius 2 is 2.05 bits per heavy atom. The predicted octanol–water partition coefficient (Wildman–Crippen LogP) is 3.18. The van der Waals surface area contributed by atoms with Gasteiger partial charge in [-0.25, -0.2) is 0 Å². The van der Waals surface area contributed by atoms with E-state index in [2.05, 4.69) is 40.6 Å².